The molecule has 0 aliphatic carbocycles. The fourth-order valence-corrected chi connectivity index (χ4v) is 3.11. The Balaban J connectivity index is 1.92. The van der Waals surface area contributed by atoms with Crippen molar-refractivity contribution in [2.45, 2.75) is 12.8 Å². The highest BCUT2D eigenvalue weighted by Gasteiger charge is 2.25. The summed E-state index contributed by atoms with van der Waals surface area (Å²) in [5, 5.41) is 12.4. The molecular formula is C19H20N4O2. The Morgan fingerprint density at radius 2 is 1.72 bits per heavy atom. The summed E-state index contributed by atoms with van der Waals surface area (Å²) in [7, 11) is 3.33. The maximum atomic E-state index is 5.42. The molecule has 4 rings (SSSR count). The highest BCUT2D eigenvalue weighted by molar-refractivity contribution is 5.70. The number of methoxy groups -OCH3 is 2. The van der Waals surface area contributed by atoms with Gasteiger partial charge in [-0.1, -0.05) is 6.92 Å². The third-order valence-electron chi connectivity index (χ3n) is 4.52. The van der Waals surface area contributed by atoms with E-state index < -0.39 is 0 Å². The first kappa shape index (κ1) is 15.5. The number of hydrogen-bond acceptors (Lipinski definition) is 5. The lowest BCUT2D eigenvalue weighted by Crippen LogP contribution is -2.09. The molecule has 1 N–H and O–H groups in total. The highest BCUT2D eigenvalue weighted by Crippen LogP contribution is 2.35. The van der Waals surface area contributed by atoms with Crippen LogP contribution < -0.4 is 14.8 Å². The van der Waals surface area contributed by atoms with Crippen LogP contribution in [0.25, 0.3) is 17.1 Å². The van der Waals surface area contributed by atoms with Gasteiger partial charge in [0.15, 0.2) is 5.82 Å². The molecule has 2 heterocycles. The van der Waals surface area contributed by atoms with Gasteiger partial charge in [-0.15, -0.1) is 10.2 Å². The van der Waals surface area contributed by atoms with Gasteiger partial charge in [0, 0.05) is 24.1 Å². The quantitative estimate of drug-likeness (QED) is 0.793. The predicted octanol–water partition coefficient (Wildman–Crippen LogP) is 3.48. The van der Waals surface area contributed by atoms with E-state index >= 15 is 0 Å². The van der Waals surface area contributed by atoms with Gasteiger partial charge >= 0.3 is 0 Å². The van der Waals surface area contributed by atoms with E-state index in [1.54, 1.807) is 14.2 Å². The second-order valence-corrected chi connectivity index (χ2v) is 6.11. The summed E-state index contributed by atoms with van der Waals surface area (Å²) >= 11 is 0. The Labute approximate surface area is 146 Å². The molecule has 0 unspecified atom stereocenters. The standard InChI is InChI=1S/C19H20N4O2/c1-12-11-20-16-9-8-15(25-3)10-17(16)23-18(12)21-22-19(23)13-4-6-14(24-2)7-5-13/h4-10,12,20H,11H2,1-3H3/t12-/m0/s1. The van der Waals surface area contributed by atoms with E-state index in [4.69, 9.17) is 9.47 Å². The Morgan fingerprint density at radius 1 is 1.00 bits per heavy atom. The lowest BCUT2D eigenvalue weighted by molar-refractivity contribution is 0.414. The minimum Gasteiger partial charge on any atom is -0.497 e. The van der Waals surface area contributed by atoms with Gasteiger partial charge in [-0.3, -0.25) is 4.57 Å². The summed E-state index contributed by atoms with van der Waals surface area (Å²) in [6.45, 7) is 2.95. The summed E-state index contributed by atoms with van der Waals surface area (Å²) in [6, 6.07) is 13.9. The van der Waals surface area contributed by atoms with Crippen molar-refractivity contribution >= 4 is 5.69 Å². The van der Waals surface area contributed by atoms with Crippen molar-refractivity contribution in [3.63, 3.8) is 0 Å². The van der Waals surface area contributed by atoms with Crippen LogP contribution in [0.15, 0.2) is 42.5 Å². The zero-order valence-electron chi connectivity index (χ0n) is 14.5. The number of nitrogens with zero attached hydrogens (tertiary/aromatic N) is 3. The number of ether oxygens (including phenoxy) is 2. The molecule has 3 aromatic rings. The van der Waals surface area contributed by atoms with Gasteiger partial charge in [-0.2, -0.15) is 0 Å². The van der Waals surface area contributed by atoms with E-state index in [9.17, 15) is 0 Å². The smallest absolute Gasteiger partial charge is 0.168 e. The number of hydrogen-bond donors (Lipinski definition) is 1. The van der Waals surface area contributed by atoms with Crippen LogP contribution in [0.5, 0.6) is 11.5 Å². The molecule has 6 nitrogen and oxygen atoms in total. The average Bonchev–Trinajstić information content (AvgIpc) is 3.05. The van der Waals surface area contributed by atoms with Crippen LogP contribution in [0.1, 0.15) is 18.7 Å². The lowest BCUT2D eigenvalue weighted by atomic mass is 10.1. The predicted molar refractivity (Wildman–Crippen MR) is 96.8 cm³/mol. The van der Waals surface area contributed by atoms with Gasteiger partial charge in [-0.25, -0.2) is 0 Å². The zero-order chi connectivity index (χ0) is 17.4. The number of benzene rings is 2. The number of rotatable bonds is 3. The van der Waals surface area contributed by atoms with Gasteiger partial charge in [0.25, 0.3) is 0 Å². The van der Waals surface area contributed by atoms with Gasteiger partial charge in [0.05, 0.1) is 25.6 Å². The van der Waals surface area contributed by atoms with Crippen molar-refractivity contribution < 1.29 is 9.47 Å². The molecule has 128 valence electrons. The molecule has 0 bridgehead atoms. The molecule has 0 saturated heterocycles. The van der Waals surface area contributed by atoms with Crippen molar-refractivity contribution in [3.8, 4) is 28.6 Å². The zero-order valence-corrected chi connectivity index (χ0v) is 14.5. The first-order valence-electron chi connectivity index (χ1n) is 8.23. The van der Waals surface area contributed by atoms with E-state index in [-0.39, 0.29) is 5.92 Å². The highest BCUT2D eigenvalue weighted by atomic mass is 16.5. The van der Waals surface area contributed by atoms with E-state index in [1.165, 1.54) is 0 Å². The molecule has 2 aromatic carbocycles. The summed E-state index contributed by atoms with van der Waals surface area (Å²) in [5.74, 6) is 3.60. The van der Waals surface area contributed by atoms with E-state index in [0.717, 1.165) is 46.6 Å². The van der Waals surface area contributed by atoms with Crippen LogP contribution in [0.4, 0.5) is 5.69 Å². The molecule has 1 atom stereocenters. The SMILES string of the molecule is COc1ccc(-c2nnc3n2-c2cc(OC)ccc2NC[C@@H]3C)cc1. The van der Waals surface area contributed by atoms with Crippen molar-refractivity contribution in [1.82, 2.24) is 14.8 Å². The third kappa shape index (κ3) is 2.59. The summed E-state index contributed by atoms with van der Waals surface area (Å²) in [6.07, 6.45) is 0. The third-order valence-corrected chi connectivity index (χ3v) is 4.52. The lowest BCUT2D eigenvalue weighted by Gasteiger charge is -2.13. The van der Waals surface area contributed by atoms with Crippen LogP contribution in [0.2, 0.25) is 0 Å². The molecule has 1 aliphatic heterocycles. The van der Waals surface area contributed by atoms with Crippen LogP contribution in [0, 0.1) is 0 Å². The number of aromatic nitrogens is 3. The van der Waals surface area contributed by atoms with E-state index in [0.29, 0.717) is 0 Å². The maximum absolute atomic E-state index is 5.42. The monoisotopic (exact) mass is 336 g/mol. The molecule has 0 amide bonds. The van der Waals surface area contributed by atoms with Gasteiger partial charge in [-0.05, 0) is 36.4 Å². The van der Waals surface area contributed by atoms with Gasteiger partial charge in [0.1, 0.15) is 17.3 Å². The number of anilines is 1. The van der Waals surface area contributed by atoms with Crippen LogP contribution >= 0.6 is 0 Å². The Hall–Kier alpha value is -3.02. The summed E-state index contributed by atoms with van der Waals surface area (Å²) < 4.78 is 12.8. The average molecular weight is 336 g/mol. The topological polar surface area (TPSA) is 61.2 Å². The first-order chi connectivity index (χ1) is 12.2. The normalized spacial score (nSPS) is 15.6. The second kappa shape index (κ2) is 6.12. The van der Waals surface area contributed by atoms with Gasteiger partial charge < -0.3 is 14.8 Å². The molecule has 1 aromatic heterocycles. The van der Waals surface area contributed by atoms with Gasteiger partial charge in [0.2, 0.25) is 0 Å². The first-order valence-corrected chi connectivity index (χ1v) is 8.23. The van der Waals surface area contributed by atoms with E-state index in [1.807, 2.05) is 42.5 Å². The van der Waals surface area contributed by atoms with Crippen LogP contribution in [0.3, 0.4) is 0 Å². The van der Waals surface area contributed by atoms with Crippen molar-refractivity contribution in [1.29, 1.82) is 0 Å². The molecule has 0 fully saturated rings. The molecule has 1 aliphatic rings. The fourth-order valence-electron chi connectivity index (χ4n) is 3.11. The molecule has 25 heavy (non-hydrogen) atoms. The summed E-state index contributed by atoms with van der Waals surface area (Å²) in [4.78, 5) is 0. The Morgan fingerprint density at radius 3 is 2.44 bits per heavy atom. The summed E-state index contributed by atoms with van der Waals surface area (Å²) in [5.41, 5.74) is 3.03. The second-order valence-electron chi connectivity index (χ2n) is 6.11. The number of nitrogens with one attached hydrogen (secondary N) is 1. The minimum absolute atomic E-state index is 0.234. The van der Waals surface area contributed by atoms with Crippen molar-refractivity contribution in [2.24, 2.45) is 0 Å². The molecule has 0 saturated carbocycles. The van der Waals surface area contributed by atoms with Crippen LogP contribution in [-0.2, 0) is 0 Å². The largest absolute Gasteiger partial charge is 0.497 e. The van der Waals surface area contributed by atoms with Crippen molar-refractivity contribution in [2.75, 3.05) is 26.1 Å². The molecular weight excluding hydrogens is 316 g/mol. The van der Waals surface area contributed by atoms with Crippen molar-refractivity contribution in [3.05, 3.63) is 48.3 Å². The minimum atomic E-state index is 0.234. The maximum Gasteiger partial charge on any atom is 0.168 e. The molecule has 6 heteroatoms. The van der Waals surface area contributed by atoms with Crippen LogP contribution in [-0.4, -0.2) is 35.5 Å². The Kier molecular flexibility index (Phi) is 3.80. The number of fused-ring (bicyclic) bond motifs is 3. The Bertz CT molecular complexity index is 902. The molecule has 0 spiro atoms. The fraction of sp³-hybridized carbons (Fsp3) is 0.263. The van der Waals surface area contributed by atoms with E-state index in [2.05, 4.69) is 27.0 Å². The molecule has 0 radical (unpaired) electrons.